The van der Waals surface area contributed by atoms with Crippen LogP contribution in [0, 0.1) is 27.7 Å². The van der Waals surface area contributed by atoms with Gasteiger partial charge in [0.25, 0.3) is 0 Å². The van der Waals surface area contributed by atoms with E-state index < -0.39 is 0 Å². The molecule has 1 aromatic carbocycles. The molecule has 232 valence electrons. The van der Waals surface area contributed by atoms with Gasteiger partial charge in [0.1, 0.15) is 35.1 Å². The van der Waals surface area contributed by atoms with Crippen LogP contribution >= 0.6 is 0 Å². The minimum absolute atomic E-state index is 0. The Hall–Kier alpha value is -5.52. The molecule has 0 atom stereocenters. The maximum Gasteiger partial charge on any atom is 0.180 e. The fraction of sp³-hybridized carbons (Fsp3) is 0.250. The minimum atomic E-state index is 0. The Bertz CT molecular complexity index is 1560. The van der Waals surface area contributed by atoms with Gasteiger partial charge in [-0.15, -0.1) is 0 Å². The van der Waals surface area contributed by atoms with E-state index in [4.69, 9.17) is 0 Å². The van der Waals surface area contributed by atoms with Gasteiger partial charge >= 0.3 is 0 Å². The van der Waals surface area contributed by atoms with Crippen LogP contribution in [0.3, 0.4) is 0 Å². The summed E-state index contributed by atoms with van der Waals surface area (Å²) in [6.07, 6.45) is 8.45. The first-order chi connectivity index (χ1) is 19.4. The SMILES string of the molecule is C.C.C.C.Cc1nc2ccccc2[nH]1.Cc1nc2ccncc2[nH]1.Cc1nc2ncccc2[nH]1.Cc1nc2ncncc2[nH]1. The number of hydrogen-bond donors (Lipinski definition) is 4. The Morgan fingerprint density at radius 1 is 0.455 bits per heavy atom. The highest BCUT2D eigenvalue weighted by molar-refractivity contribution is 5.75. The third-order valence-electron chi connectivity index (χ3n) is 5.57. The lowest BCUT2D eigenvalue weighted by Gasteiger charge is -1.81. The fourth-order valence-electron chi connectivity index (χ4n) is 3.91. The smallest absolute Gasteiger partial charge is 0.180 e. The molecule has 12 heteroatoms. The van der Waals surface area contributed by atoms with E-state index in [1.54, 1.807) is 24.8 Å². The van der Waals surface area contributed by atoms with E-state index in [0.717, 1.165) is 67.7 Å². The number of aromatic nitrogens is 12. The molecule has 0 saturated carbocycles. The molecule has 0 radical (unpaired) electrons. The zero-order valence-corrected chi connectivity index (χ0v) is 22.5. The topological polar surface area (TPSA) is 166 Å². The highest BCUT2D eigenvalue weighted by Gasteiger charge is 1.98. The van der Waals surface area contributed by atoms with E-state index in [-0.39, 0.29) is 29.7 Å². The van der Waals surface area contributed by atoms with Crippen LogP contribution in [0.4, 0.5) is 0 Å². The van der Waals surface area contributed by atoms with Crippen molar-refractivity contribution in [2.75, 3.05) is 0 Å². The van der Waals surface area contributed by atoms with E-state index in [1.165, 1.54) is 6.33 Å². The maximum atomic E-state index is 4.26. The number of benzene rings is 1. The maximum absolute atomic E-state index is 4.26. The lowest BCUT2D eigenvalue weighted by Crippen LogP contribution is -1.76. The van der Waals surface area contributed by atoms with Crippen molar-refractivity contribution in [1.29, 1.82) is 0 Å². The normalized spacial score (nSPS) is 9.55. The van der Waals surface area contributed by atoms with Crippen molar-refractivity contribution in [2.24, 2.45) is 0 Å². The van der Waals surface area contributed by atoms with Gasteiger partial charge in [0.2, 0.25) is 0 Å². The molecule has 8 aromatic rings. The number of imidazole rings is 4. The molecule has 0 aliphatic rings. The Balaban J connectivity index is 0.000000285. The van der Waals surface area contributed by atoms with Crippen LogP contribution < -0.4 is 0 Å². The van der Waals surface area contributed by atoms with Gasteiger partial charge in [-0.2, -0.15) is 0 Å². The summed E-state index contributed by atoms with van der Waals surface area (Å²) in [4.78, 5) is 44.9. The van der Waals surface area contributed by atoms with Crippen molar-refractivity contribution in [3.8, 4) is 0 Å². The number of rotatable bonds is 0. The first-order valence-corrected chi connectivity index (χ1v) is 12.5. The van der Waals surface area contributed by atoms with Crippen molar-refractivity contribution < 1.29 is 0 Å². The van der Waals surface area contributed by atoms with Gasteiger partial charge in [-0.05, 0) is 58.0 Å². The van der Waals surface area contributed by atoms with Crippen LogP contribution in [0.5, 0.6) is 0 Å². The summed E-state index contributed by atoms with van der Waals surface area (Å²) in [7, 11) is 0. The molecule has 4 N–H and O–H groups in total. The summed E-state index contributed by atoms with van der Waals surface area (Å²) in [5.74, 6) is 3.69. The van der Waals surface area contributed by atoms with Crippen molar-refractivity contribution in [3.63, 3.8) is 0 Å². The van der Waals surface area contributed by atoms with E-state index >= 15 is 0 Å². The van der Waals surface area contributed by atoms with Gasteiger partial charge in [0, 0.05) is 12.4 Å². The van der Waals surface area contributed by atoms with E-state index in [1.807, 2.05) is 70.2 Å². The molecule has 0 amide bonds. The van der Waals surface area contributed by atoms with Crippen LogP contribution in [-0.2, 0) is 0 Å². The first-order valence-electron chi connectivity index (χ1n) is 12.5. The summed E-state index contributed by atoms with van der Waals surface area (Å²) in [5, 5.41) is 0. The van der Waals surface area contributed by atoms with Crippen LogP contribution in [0.25, 0.3) is 44.4 Å². The predicted molar refractivity (Wildman–Crippen MR) is 181 cm³/mol. The van der Waals surface area contributed by atoms with Crippen LogP contribution in [-0.4, -0.2) is 59.8 Å². The number of nitrogens with one attached hydrogen (secondary N) is 4. The lowest BCUT2D eigenvalue weighted by molar-refractivity contribution is 1.16. The zero-order chi connectivity index (χ0) is 27.9. The second-order valence-corrected chi connectivity index (χ2v) is 8.83. The van der Waals surface area contributed by atoms with Crippen molar-refractivity contribution in [2.45, 2.75) is 57.4 Å². The van der Waals surface area contributed by atoms with Gasteiger partial charge in [0.05, 0.1) is 40.0 Å². The molecular weight excluding hydrogens is 552 g/mol. The largest absolute Gasteiger partial charge is 0.342 e. The molecule has 0 aliphatic heterocycles. The molecule has 0 fully saturated rings. The quantitative estimate of drug-likeness (QED) is 0.139. The summed E-state index contributed by atoms with van der Waals surface area (Å²) >= 11 is 0. The van der Waals surface area contributed by atoms with Crippen LogP contribution in [0.2, 0.25) is 0 Å². The van der Waals surface area contributed by atoms with Gasteiger partial charge in [0.15, 0.2) is 11.3 Å². The number of aromatic amines is 4. The summed E-state index contributed by atoms with van der Waals surface area (Å²) in [6, 6.07) is 13.7. The number of para-hydroxylation sites is 2. The summed E-state index contributed by atoms with van der Waals surface area (Å²) in [5.41, 5.74) is 7.54. The lowest BCUT2D eigenvalue weighted by atomic mass is 10.3. The molecule has 0 aliphatic carbocycles. The average Bonchev–Trinajstić information content (AvgIpc) is 3.71. The Kier molecular flexibility index (Phi) is 13.9. The van der Waals surface area contributed by atoms with Gasteiger partial charge < -0.3 is 19.9 Å². The standard InChI is InChI=1S/C8H8N2.2C7H7N3.C6H6N4.4CH4/c1-6-9-7-4-2-3-5-8(7)10-6;1-5-9-6-2-3-8-4-7(6)10-5;1-5-9-6-3-2-4-8-7(6)10-5;1-4-9-5-2-7-3-8-6(5)10-4;;;;/h2-5H,1H3,(H,9,10);2-4H,1H3,(H,9,10);2-4H,1H3,(H,8,9,10);2-3H,1H3,(H,7,8,9,10);4*1H4. The number of nitrogens with zero attached hydrogens (tertiary/aromatic N) is 8. The molecule has 12 nitrogen and oxygen atoms in total. The predicted octanol–water partition coefficient (Wildman–Crippen LogP) is 7.61. The van der Waals surface area contributed by atoms with Crippen LogP contribution in [0.1, 0.15) is 53.0 Å². The van der Waals surface area contributed by atoms with E-state index in [0.29, 0.717) is 0 Å². The molecule has 8 rings (SSSR count). The third kappa shape index (κ3) is 9.24. The number of fused-ring (bicyclic) bond motifs is 4. The van der Waals surface area contributed by atoms with Gasteiger partial charge in [-0.1, -0.05) is 41.8 Å². The minimum Gasteiger partial charge on any atom is -0.342 e. The zero-order valence-electron chi connectivity index (χ0n) is 22.5. The summed E-state index contributed by atoms with van der Waals surface area (Å²) in [6.45, 7) is 7.70. The molecule has 0 spiro atoms. The molecule has 0 unspecified atom stereocenters. The van der Waals surface area contributed by atoms with E-state index in [9.17, 15) is 0 Å². The number of H-pyrrole nitrogens is 4. The fourth-order valence-corrected chi connectivity index (χ4v) is 3.91. The molecule has 7 aromatic heterocycles. The van der Waals surface area contributed by atoms with E-state index in [2.05, 4.69) is 59.8 Å². The average molecular weight is 597 g/mol. The second-order valence-electron chi connectivity index (χ2n) is 8.83. The monoisotopic (exact) mass is 596 g/mol. The molecular formula is C32H44N12. The molecule has 0 bridgehead atoms. The van der Waals surface area contributed by atoms with Gasteiger partial charge in [-0.25, -0.2) is 34.9 Å². The Labute approximate surface area is 258 Å². The van der Waals surface area contributed by atoms with Crippen molar-refractivity contribution in [1.82, 2.24) is 59.8 Å². The number of pyridine rings is 2. The van der Waals surface area contributed by atoms with Gasteiger partial charge in [-0.3, -0.25) is 4.98 Å². The number of aryl methyl sites for hydroxylation is 4. The molecule has 44 heavy (non-hydrogen) atoms. The summed E-state index contributed by atoms with van der Waals surface area (Å²) < 4.78 is 0. The van der Waals surface area contributed by atoms with Crippen molar-refractivity contribution >= 4 is 44.4 Å². The molecule has 7 heterocycles. The molecule has 0 saturated heterocycles. The second kappa shape index (κ2) is 16.8. The van der Waals surface area contributed by atoms with Crippen LogP contribution in [0.15, 0.2) is 73.6 Å². The third-order valence-corrected chi connectivity index (χ3v) is 5.57. The highest BCUT2D eigenvalue weighted by Crippen LogP contribution is 2.09. The Morgan fingerprint density at radius 2 is 0.977 bits per heavy atom. The highest BCUT2D eigenvalue weighted by atomic mass is 15.0. The first kappa shape index (κ1) is 36.5. The Morgan fingerprint density at radius 3 is 1.61 bits per heavy atom. The number of hydrogen-bond acceptors (Lipinski definition) is 8. The van der Waals surface area contributed by atoms with Crippen molar-refractivity contribution in [3.05, 3.63) is 96.9 Å².